The number of epoxide rings is 1. The monoisotopic (exact) mass is 344 g/mol. The van der Waals surface area contributed by atoms with Crippen molar-refractivity contribution in [2.45, 2.75) is 31.8 Å². The SMILES string of the molecule is CCOC(=O)c1cn(-c2ccc(CO[C@@H]3CNC[C@H]4O[C@H]34)cc2)nn1. The molecule has 1 N–H and O–H groups in total. The molecule has 2 aliphatic rings. The van der Waals surface area contributed by atoms with Gasteiger partial charge < -0.3 is 19.5 Å². The Morgan fingerprint density at radius 2 is 2.20 bits per heavy atom. The fourth-order valence-corrected chi connectivity index (χ4v) is 2.92. The van der Waals surface area contributed by atoms with Crippen LogP contribution in [0.2, 0.25) is 0 Å². The van der Waals surface area contributed by atoms with E-state index in [1.54, 1.807) is 17.8 Å². The van der Waals surface area contributed by atoms with E-state index in [0.29, 0.717) is 19.3 Å². The Labute approximate surface area is 145 Å². The molecule has 0 radical (unpaired) electrons. The summed E-state index contributed by atoms with van der Waals surface area (Å²) in [4.78, 5) is 11.6. The molecule has 132 valence electrons. The zero-order chi connectivity index (χ0) is 17.2. The molecule has 3 atom stereocenters. The van der Waals surface area contributed by atoms with Crippen molar-refractivity contribution >= 4 is 5.97 Å². The van der Waals surface area contributed by atoms with Crippen molar-refractivity contribution in [2.24, 2.45) is 0 Å². The maximum Gasteiger partial charge on any atom is 0.360 e. The number of piperidine rings is 1. The number of benzene rings is 1. The first kappa shape index (κ1) is 16.2. The summed E-state index contributed by atoms with van der Waals surface area (Å²) < 4.78 is 18.0. The van der Waals surface area contributed by atoms with Gasteiger partial charge in [0, 0.05) is 13.1 Å². The summed E-state index contributed by atoms with van der Waals surface area (Å²) >= 11 is 0. The molecule has 2 saturated heterocycles. The number of ether oxygens (including phenoxy) is 3. The fourth-order valence-electron chi connectivity index (χ4n) is 2.92. The first-order valence-electron chi connectivity index (χ1n) is 8.41. The molecule has 2 aromatic rings. The predicted molar refractivity (Wildman–Crippen MR) is 87.4 cm³/mol. The molecule has 2 aliphatic heterocycles. The quantitative estimate of drug-likeness (QED) is 0.609. The molecule has 1 aromatic carbocycles. The molecule has 25 heavy (non-hydrogen) atoms. The number of esters is 1. The minimum absolute atomic E-state index is 0.112. The van der Waals surface area contributed by atoms with Crippen LogP contribution in [0.15, 0.2) is 30.5 Å². The van der Waals surface area contributed by atoms with Crippen LogP contribution in [-0.2, 0) is 20.8 Å². The van der Waals surface area contributed by atoms with Gasteiger partial charge >= 0.3 is 5.97 Å². The van der Waals surface area contributed by atoms with E-state index in [1.807, 2.05) is 24.3 Å². The normalized spacial score (nSPS) is 24.6. The van der Waals surface area contributed by atoms with Gasteiger partial charge in [-0.1, -0.05) is 17.3 Å². The number of hydrogen-bond acceptors (Lipinski definition) is 7. The van der Waals surface area contributed by atoms with E-state index in [4.69, 9.17) is 14.2 Å². The minimum atomic E-state index is -0.472. The van der Waals surface area contributed by atoms with Gasteiger partial charge in [0.25, 0.3) is 0 Å². The van der Waals surface area contributed by atoms with Gasteiger partial charge in [-0.15, -0.1) is 5.10 Å². The van der Waals surface area contributed by atoms with E-state index >= 15 is 0 Å². The highest BCUT2D eigenvalue weighted by Gasteiger charge is 2.48. The number of carbonyl (C=O) groups is 1. The molecule has 0 aliphatic carbocycles. The second-order valence-corrected chi connectivity index (χ2v) is 6.08. The number of hydrogen-bond donors (Lipinski definition) is 1. The van der Waals surface area contributed by atoms with Crippen LogP contribution < -0.4 is 5.32 Å². The Hall–Kier alpha value is -2.29. The molecular formula is C17H20N4O4. The van der Waals surface area contributed by atoms with Crippen LogP contribution in [0.5, 0.6) is 0 Å². The first-order valence-corrected chi connectivity index (χ1v) is 8.41. The third-order valence-corrected chi connectivity index (χ3v) is 4.32. The molecular weight excluding hydrogens is 324 g/mol. The van der Waals surface area contributed by atoms with E-state index in [2.05, 4.69) is 15.6 Å². The number of carbonyl (C=O) groups excluding carboxylic acids is 1. The first-order chi connectivity index (χ1) is 12.2. The zero-order valence-corrected chi connectivity index (χ0v) is 13.9. The lowest BCUT2D eigenvalue weighted by Crippen LogP contribution is -2.41. The number of fused-ring (bicyclic) bond motifs is 1. The minimum Gasteiger partial charge on any atom is -0.461 e. The van der Waals surface area contributed by atoms with Gasteiger partial charge in [-0.25, -0.2) is 9.48 Å². The topological polar surface area (TPSA) is 90.8 Å². The van der Waals surface area contributed by atoms with Gasteiger partial charge in [-0.2, -0.15) is 0 Å². The molecule has 4 rings (SSSR count). The largest absolute Gasteiger partial charge is 0.461 e. The van der Waals surface area contributed by atoms with Crippen molar-refractivity contribution in [1.29, 1.82) is 0 Å². The summed E-state index contributed by atoms with van der Waals surface area (Å²) in [6.45, 7) is 4.34. The second-order valence-electron chi connectivity index (χ2n) is 6.08. The van der Waals surface area contributed by atoms with E-state index in [0.717, 1.165) is 24.3 Å². The average Bonchev–Trinajstić information content (AvgIpc) is 3.27. The van der Waals surface area contributed by atoms with E-state index in [-0.39, 0.29) is 17.9 Å². The summed E-state index contributed by atoms with van der Waals surface area (Å²) in [6.07, 6.45) is 2.24. The van der Waals surface area contributed by atoms with Crippen molar-refractivity contribution in [1.82, 2.24) is 20.3 Å². The highest BCUT2D eigenvalue weighted by Crippen LogP contribution is 2.29. The summed E-state index contributed by atoms with van der Waals surface area (Å²) in [6, 6.07) is 7.78. The second kappa shape index (κ2) is 6.91. The highest BCUT2D eigenvalue weighted by molar-refractivity contribution is 5.86. The van der Waals surface area contributed by atoms with Gasteiger partial charge in [0.15, 0.2) is 5.69 Å². The summed E-state index contributed by atoms with van der Waals surface area (Å²) in [5.74, 6) is -0.472. The summed E-state index contributed by atoms with van der Waals surface area (Å²) in [5.41, 5.74) is 2.08. The van der Waals surface area contributed by atoms with Crippen molar-refractivity contribution < 1.29 is 19.0 Å². The van der Waals surface area contributed by atoms with Crippen LogP contribution in [0.1, 0.15) is 23.0 Å². The Bertz CT molecular complexity index is 745. The molecule has 3 heterocycles. The van der Waals surface area contributed by atoms with E-state index in [9.17, 15) is 4.79 Å². The number of rotatable bonds is 6. The van der Waals surface area contributed by atoms with Crippen LogP contribution in [-0.4, -0.2) is 59.0 Å². The molecule has 8 nitrogen and oxygen atoms in total. The lowest BCUT2D eigenvalue weighted by atomic mass is 10.1. The Morgan fingerprint density at radius 3 is 3.00 bits per heavy atom. The van der Waals surface area contributed by atoms with Crippen molar-refractivity contribution in [2.75, 3.05) is 19.7 Å². The smallest absolute Gasteiger partial charge is 0.360 e. The average molecular weight is 344 g/mol. The molecule has 8 heteroatoms. The van der Waals surface area contributed by atoms with E-state index < -0.39 is 5.97 Å². The summed E-state index contributed by atoms with van der Waals surface area (Å²) in [7, 11) is 0. The van der Waals surface area contributed by atoms with Gasteiger partial charge in [0.2, 0.25) is 0 Å². The Morgan fingerprint density at radius 1 is 1.36 bits per heavy atom. The van der Waals surface area contributed by atoms with Crippen molar-refractivity contribution in [3.63, 3.8) is 0 Å². The zero-order valence-electron chi connectivity index (χ0n) is 13.9. The summed E-state index contributed by atoms with van der Waals surface area (Å²) in [5, 5.41) is 11.1. The van der Waals surface area contributed by atoms with Gasteiger partial charge in [0.1, 0.15) is 6.10 Å². The van der Waals surface area contributed by atoms with E-state index in [1.165, 1.54) is 0 Å². The predicted octanol–water partition coefficient (Wildman–Crippen LogP) is 0.700. The number of aromatic nitrogens is 3. The van der Waals surface area contributed by atoms with Gasteiger partial charge in [-0.3, -0.25) is 0 Å². The van der Waals surface area contributed by atoms with Crippen LogP contribution >= 0.6 is 0 Å². The standard InChI is InChI=1S/C17H20N4O4/c1-2-23-17(22)13-9-21(20-19-13)12-5-3-11(4-6-12)10-24-14-7-18-8-15-16(14)25-15/h3-6,9,14-16,18H,2,7-8,10H2,1H3/t14-,15-,16-/m1/s1. The third kappa shape index (κ3) is 3.55. The van der Waals surface area contributed by atoms with Crippen LogP contribution in [0.25, 0.3) is 5.69 Å². The Balaban J connectivity index is 1.36. The Kier molecular flexibility index (Phi) is 4.48. The van der Waals surface area contributed by atoms with Crippen LogP contribution in [0.3, 0.4) is 0 Å². The maximum absolute atomic E-state index is 11.6. The third-order valence-electron chi connectivity index (χ3n) is 4.32. The maximum atomic E-state index is 11.6. The molecule has 1 aromatic heterocycles. The number of nitrogens with one attached hydrogen (secondary N) is 1. The van der Waals surface area contributed by atoms with Gasteiger partial charge in [0.05, 0.1) is 37.3 Å². The van der Waals surface area contributed by atoms with Crippen LogP contribution in [0.4, 0.5) is 0 Å². The van der Waals surface area contributed by atoms with Crippen molar-refractivity contribution in [3.8, 4) is 5.69 Å². The lowest BCUT2D eigenvalue weighted by molar-refractivity contribution is 0.0211. The highest BCUT2D eigenvalue weighted by atomic mass is 16.6. The molecule has 0 unspecified atom stereocenters. The fraction of sp³-hybridized carbons (Fsp3) is 0.471. The molecule has 0 bridgehead atoms. The van der Waals surface area contributed by atoms with Crippen LogP contribution in [0, 0.1) is 0 Å². The molecule has 0 amide bonds. The lowest BCUT2D eigenvalue weighted by Gasteiger charge is -2.20. The van der Waals surface area contributed by atoms with Gasteiger partial charge in [-0.05, 0) is 24.6 Å². The van der Waals surface area contributed by atoms with Crippen molar-refractivity contribution in [3.05, 3.63) is 41.7 Å². The molecule has 0 spiro atoms. The number of nitrogens with zero attached hydrogens (tertiary/aromatic N) is 3. The molecule has 2 fully saturated rings. The molecule has 0 saturated carbocycles.